The van der Waals surface area contributed by atoms with Crippen molar-refractivity contribution >= 4 is 23.1 Å². The zero-order valence-corrected chi connectivity index (χ0v) is 14.7. The quantitative estimate of drug-likeness (QED) is 0.572. The van der Waals surface area contributed by atoms with Crippen LogP contribution in [0, 0.1) is 6.92 Å². The van der Waals surface area contributed by atoms with Crippen LogP contribution in [0.5, 0.6) is 0 Å². The normalized spacial score (nSPS) is 10.7. The molecule has 4 rings (SSSR count). The van der Waals surface area contributed by atoms with E-state index in [0.29, 0.717) is 17.2 Å². The lowest BCUT2D eigenvalue weighted by atomic mass is 10.2. The first-order chi connectivity index (χ1) is 12.7. The van der Waals surface area contributed by atoms with Gasteiger partial charge in [-0.15, -0.1) is 11.3 Å². The van der Waals surface area contributed by atoms with Gasteiger partial charge >= 0.3 is 0 Å². The van der Waals surface area contributed by atoms with Crippen molar-refractivity contribution in [1.82, 2.24) is 20.2 Å². The molecule has 26 heavy (non-hydrogen) atoms. The summed E-state index contributed by atoms with van der Waals surface area (Å²) in [6.45, 7) is 2.05. The summed E-state index contributed by atoms with van der Waals surface area (Å²) in [5, 5.41) is 9.84. The minimum absolute atomic E-state index is 0.301. The van der Waals surface area contributed by atoms with E-state index in [0.717, 1.165) is 16.1 Å². The number of aryl methyl sites for hydroxylation is 1. The van der Waals surface area contributed by atoms with Crippen LogP contribution in [0.15, 0.2) is 60.9 Å². The molecule has 3 aromatic heterocycles. The summed E-state index contributed by atoms with van der Waals surface area (Å²) in [7, 11) is 0. The lowest BCUT2D eigenvalue weighted by Gasteiger charge is -2.03. The summed E-state index contributed by atoms with van der Waals surface area (Å²) < 4.78 is 0. The van der Waals surface area contributed by atoms with Gasteiger partial charge in [0.05, 0.1) is 16.1 Å². The number of carbonyl (C=O) groups excluding carboxylic acids is 1. The average molecular weight is 361 g/mol. The maximum Gasteiger partial charge on any atom is 0.260 e. The number of rotatable bonds is 4. The molecule has 1 amide bonds. The molecule has 0 unspecified atom stereocenters. The molecule has 1 aromatic carbocycles. The zero-order chi connectivity index (χ0) is 17.9. The maximum atomic E-state index is 12.4. The molecule has 128 valence electrons. The second kappa shape index (κ2) is 6.89. The molecule has 0 spiro atoms. The van der Waals surface area contributed by atoms with E-state index in [1.807, 2.05) is 55.5 Å². The summed E-state index contributed by atoms with van der Waals surface area (Å²) >= 11 is 1.66. The molecule has 0 aliphatic carbocycles. The Balaban J connectivity index is 1.47. The van der Waals surface area contributed by atoms with Crippen LogP contribution in [0.4, 0.5) is 5.82 Å². The monoisotopic (exact) mass is 361 g/mol. The van der Waals surface area contributed by atoms with Gasteiger partial charge in [-0.2, -0.15) is 5.10 Å². The first-order valence-electron chi connectivity index (χ1n) is 8.00. The number of aromatic nitrogens is 4. The molecule has 0 saturated heterocycles. The number of hydrogen-bond donors (Lipinski definition) is 2. The van der Waals surface area contributed by atoms with E-state index >= 15 is 0 Å². The number of carbonyl (C=O) groups is 1. The number of nitrogens with one attached hydrogen (secondary N) is 2. The van der Waals surface area contributed by atoms with Crippen LogP contribution >= 0.6 is 11.3 Å². The third-order valence-corrected chi connectivity index (χ3v) is 4.81. The molecule has 0 fully saturated rings. The molecule has 0 bridgehead atoms. The first kappa shape index (κ1) is 16.2. The van der Waals surface area contributed by atoms with Crippen molar-refractivity contribution in [3.63, 3.8) is 0 Å². The molecule has 0 radical (unpaired) electrons. The summed E-state index contributed by atoms with van der Waals surface area (Å²) in [6.07, 6.45) is 3.03. The van der Waals surface area contributed by atoms with Gasteiger partial charge in [0.1, 0.15) is 0 Å². The Bertz CT molecular complexity index is 1040. The van der Waals surface area contributed by atoms with Crippen LogP contribution in [0.25, 0.3) is 22.0 Å². The Kier molecular flexibility index (Phi) is 4.28. The Morgan fingerprint density at radius 3 is 2.54 bits per heavy atom. The largest absolute Gasteiger partial charge is 0.305 e. The molecule has 4 aromatic rings. The third kappa shape index (κ3) is 3.38. The Labute approximate surface area is 154 Å². The SMILES string of the molecule is Cc1ccc(-c2cc(NC(=O)c3cnc(-c4ccccc4)nc3)n[nH]2)s1. The fraction of sp³-hybridized carbons (Fsp3) is 0.0526. The van der Waals surface area contributed by atoms with Crippen molar-refractivity contribution < 1.29 is 4.79 Å². The Morgan fingerprint density at radius 1 is 1.08 bits per heavy atom. The summed E-state index contributed by atoms with van der Waals surface area (Å²) in [5.74, 6) is 0.741. The highest BCUT2D eigenvalue weighted by atomic mass is 32.1. The van der Waals surface area contributed by atoms with Gasteiger partial charge < -0.3 is 5.32 Å². The highest BCUT2D eigenvalue weighted by Gasteiger charge is 2.12. The van der Waals surface area contributed by atoms with Crippen molar-refractivity contribution in [2.75, 3.05) is 5.32 Å². The van der Waals surface area contributed by atoms with E-state index in [1.54, 1.807) is 11.3 Å². The smallest absolute Gasteiger partial charge is 0.260 e. The average Bonchev–Trinajstić information content (AvgIpc) is 3.31. The predicted octanol–water partition coefficient (Wildman–Crippen LogP) is 4.16. The molecule has 0 aliphatic heterocycles. The van der Waals surface area contributed by atoms with Crippen LogP contribution < -0.4 is 5.32 Å². The number of benzene rings is 1. The van der Waals surface area contributed by atoms with Crippen molar-refractivity contribution in [3.05, 3.63) is 71.4 Å². The molecule has 7 heteroatoms. The fourth-order valence-corrected chi connectivity index (χ4v) is 3.29. The number of aromatic amines is 1. The lowest BCUT2D eigenvalue weighted by molar-refractivity contribution is 0.102. The highest BCUT2D eigenvalue weighted by Crippen LogP contribution is 2.27. The van der Waals surface area contributed by atoms with Crippen LogP contribution in [-0.4, -0.2) is 26.1 Å². The van der Waals surface area contributed by atoms with Gasteiger partial charge in [0.2, 0.25) is 0 Å². The van der Waals surface area contributed by atoms with E-state index in [4.69, 9.17) is 0 Å². The third-order valence-electron chi connectivity index (χ3n) is 3.77. The van der Waals surface area contributed by atoms with E-state index in [-0.39, 0.29) is 5.91 Å². The van der Waals surface area contributed by atoms with Gasteiger partial charge in [-0.05, 0) is 19.1 Å². The molecule has 3 heterocycles. The number of H-pyrrole nitrogens is 1. The lowest BCUT2D eigenvalue weighted by Crippen LogP contribution is -2.13. The maximum absolute atomic E-state index is 12.4. The minimum Gasteiger partial charge on any atom is -0.305 e. The Hall–Kier alpha value is -3.32. The van der Waals surface area contributed by atoms with Crippen molar-refractivity contribution in [1.29, 1.82) is 0 Å². The molecule has 6 nitrogen and oxygen atoms in total. The van der Waals surface area contributed by atoms with Crippen LogP contribution in [0.3, 0.4) is 0 Å². The highest BCUT2D eigenvalue weighted by molar-refractivity contribution is 7.15. The predicted molar refractivity (Wildman–Crippen MR) is 102 cm³/mol. The zero-order valence-electron chi connectivity index (χ0n) is 13.9. The van der Waals surface area contributed by atoms with Gasteiger partial charge in [-0.1, -0.05) is 30.3 Å². The molecule has 0 saturated carbocycles. The van der Waals surface area contributed by atoms with E-state index in [2.05, 4.69) is 25.5 Å². The van der Waals surface area contributed by atoms with Gasteiger partial charge in [0.15, 0.2) is 11.6 Å². The minimum atomic E-state index is -0.301. The van der Waals surface area contributed by atoms with Gasteiger partial charge in [0, 0.05) is 28.9 Å². The fourth-order valence-electron chi connectivity index (χ4n) is 2.46. The standard InChI is InChI=1S/C19H15N5OS/c1-12-7-8-16(26-12)15-9-17(24-23-15)22-19(25)14-10-20-18(21-11-14)13-5-3-2-4-6-13/h2-11H,1H3,(H2,22,23,24,25). The molecular weight excluding hydrogens is 346 g/mol. The van der Waals surface area contributed by atoms with Crippen LogP contribution in [-0.2, 0) is 0 Å². The van der Waals surface area contributed by atoms with Crippen molar-refractivity contribution in [2.45, 2.75) is 6.92 Å². The van der Waals surface area contributed by atoms with Crippen LogP contribution in [0.1, 0.15) is 15.2 Å². The summed E-state index contributed by atoms with van der Waals surface area (Å²) in [4.78, 5) is 23.2. The van der Waals surface area contributed by atoms with E-state index in [1.165, 1.54) is 17.3 Å². The van der Waals surface area contributed by atoms with Crippen molar-refractivity contribution in [3.8, 4) is 22.0 Å². The van der Waals surface area contributed by atoms with Gasteiger partial charge in [-0.25, -0.2) is 9.97 Å². The van der Waals surface area contributed by atoms with Gasteiger partial charge in [-0.3, -0.25) is 9.89 Å². The second-order valence-electron chi connectivity index (χ2n) is 5.69. The molecular formula is C19H15N5OS. The number of amides is 1. The number of hydrogen-bond acceptors (Lipinski definition) is 5. The summed E-state index contributed by atoms with van der Waals surface area (Å²) in [5.41, 5.74) is 2.15. The summed E-state index contributed by atoms with van der Waals surface area (Å²) in [6, 6.07) is 15.5. The number of anilines is 1. The number of nitrogens with zero attached hydrogens (tertiary/aromatic N) is 3. The number of thiophene rings is 1. The molecule has 0 atom stereocenters. The Morgan fingerprint density at radius 2 is 1.85 bits per heavy atom. The first-order valence-corrected chi connectivity index (χ1v) is 8.82. The van der Waals surface area contributed by atoms with E-state index in [9.17, 15) is 4.79 Å². The van der Waals surface area contributed by atoms with Gasteiger partial charge in [0.25, 0.3) is 5.91 Å². The second-order valence-corrected chi connectivity index (χ2v) is 6.98. The van der Waals surface area contributed by atoms with Crippen LogP contribution in [0.2, 0.25) is 0 Å². The van der Waals surface area contributed by atoms with E-state index < -0.39 is 0 Å². The molecule has 2 N–H and O–H groups in total. The topological polar surface area (TPSA) is 83.6 Å². The molecule has 0 aliphatic rings. The van der Waals surface area contributed by atoms with Crippen molar-refractivity contribution in [2.24, 2.45) is 0 Å².